The van der Waals surface area contributed by atoms with Crippen LogP contribution in [0.1, 0.15) is 31.9 Å². The summed E-state index contributed by atoms with van der Waals surface area (Å²) in [5.74, 6) is -1.09. The van der Waals surface area contributed by atoms with Crippen LogP contribution in [-0.4, -0.2) is 21.0 Å². The third kappa shape index (κ3) is 2.47. The van der Waals surface area contributed by atoms with Crippen molar-refractivity contribution in [2.75, 3.05) is 0 Å². The molecule has 0 saturated carbocycles. The maximum atomic E-state index is 11.4. The Labute approximate surface area is 106 Å². The van der Waals surface area contributed by atoms with Gasteiger partial charge in [-0.1, -0.05) is 32.0 Å². The van der Waals surface area contributed by atoms with Crippen molar-refractivity contribution in [3.8, 4) is 0 Å². The Morgan fingerprint density at radius 3 is 2.67 bits per heavy atom. The summed E-state index contributed by atoms with van der Waals surface area (Å²) in [6.07, 6.45) is 2.02. The van der Waals surface area contributed by atoms with E-state index in [1.807, 2.05) is 38.1 Å². The molecule has 18 heavy (non-hydrogen) atoms. The number of aromatic nitrogens is 2. The van der Waals surface area contributed by atoms with E-state index in [1.54, 1.807) is 0 Å². The summed E-state index contributed by atoms with van der Waals surface area (Å²) in [5.41, 5.74) is 1.40. The highest BCUT2D eigenvalue weighted by atomic mass is 16.4. The molecule has 4 nitrogen and oxygen atoms in total. The van der Waals surface area contributed by atoms with Gasteiger partial charge in [0.2, 0.25) is 0 Å². The van der Waals surface area contributed by atoms with E-state index >= 15 is 0 Å². The molecule has 1 N–H and O–H groups in total. The average molecular weight is 244 g/mol. The monoisotopic (exact) mass is 244 g/mol. The standard InChI is InChI=1S/C14H16N2O2/c1-9(2)7-11(14(17)18)13-10-5-3-4-6-12(10)15-8-16-13/h3-6,8-9,11H,7H2,1-2H3,(H,17,18). The molecule has 0 bridgehead atoms. The molecule has 0 fully saturated rings. The van der Waals surface area contributed by atoms with Crippen molar-refractivity contribution in [1.82, 2.24) is 9.97 Å². The molecule has 2 aromatic rings. The van der Waals surface area contributed by atoms with Gasteiger partial charge in [-0.05, 0) is 18.4 Å². The predicted octanol–water partition coefficient (Wildman–Crippen LogP) is 2.84. The van der Waals surface area contributed by atoms with E-state index < -0.39 is 11.9 Å². The molecule has 4 heteroatoms. The van der Waals surface area contributed by atoms with Gasteiger partial charge in [-0.25, -0.2) is 9.97 Å². The van der Waals surface area contributed by atoms with Gasteiger partial charge in [-0.2, -0.15) is 0 Å². The number of para-hydroxylation sites is 1. The van der Waals surface area contributed by atoms with Gasteiger partial charge in [0.05, 0.1) is 17.1 Å². The zero-order chi connectivity index (χ0) is 13.1. The van der Waals surface area contributed by atoms with Crippen molar-refractivity contribution < 1.29 is 9.90 Å². The molecule has 0 aliphatic heterocycles. The summed E-state index contributed by atoms with van der Waals surface area (Å²) in [5, 5.41) is 10.2. The minimum absolute atomic E-state index is 0.305. The number of carboxylic acids is 1. The van der Waals surface area contributed by atoms with E-state index in [1.165, 1.54) is 6.33 Å². The van der Waals surface area contributed by atoms with Gasteiger partial charge in [-0.15, -0.1) is 0 Å². The van der Waals surface area contributed by atoms with Crippen molar-refractivity contribution in [1.29, 1.82) is 0 Å². The van der Waals surface area contributed by atoms with Crippen LogP contribution < -0.4 is 0 Å². The number of carbonyl (C=O) groups is 1. The number of aliphatic carboxylic acids is 1. The lowest BCUT2D eigenvalue weighted by Gasteiger charge is -2.15. The van der Waals surface area contributed by atoms with Crippen molar-refractivity contribution in [2.45, 2.75) is 26.2 Å². The summed E-state index contributed by atoms with van der Waals surface area (Å²) < 4.78 is 0. The first-order valence-electron chi connectivity index (χ1n) is 6.02. The van der Waals surface area contributed by atoms with E-state index in [9.17, 15) is 9.90 Å². The number of fused-ring (bicyclic) bond motifs is 1. The molecule has 2 rings (SSSR count). The summed E-state index contributed by atoms with van der Waals surface area (Å²) >= 11 is 0. The molecule has 0 radical (unpaired) electrons. The lowest BCUT2D eigenvalue weighted by Crippen LogP contribution is -2.16. The van der Waals surface area contributed by atoms with Crippen LogP contribution in [0.2, 0.25) is 0 Å². The molecule has 1 heterocycles. The quantitative estimate of drug-likeness (QED) is 0.898. The first kappa shape index (κ1) is 12.5. The molecule has 1 aromatic heterocycles. The zero-order valence-electron chi connectivity index (χ0n) is 10.5. The molecule has 94 valence electrons. The third-order valence-electron chi connectivity index (χ3n) is 2.91. The minimum atomic E-state index is -0.826. The Bertz CT molecular complexity index is 561. The largest absolute Gasteiger partial charge is 0.481 e. The normalized spacial score (nSPS) is 12.8. The number of carboxylic acid groups (broad SMARTS) is 1. The van der Waals surface area contributed by atoms with E-state index in [2.05, 4.69) is 9.97 Å². The molecule has 1 unspecified atom stereocenters. The van der Waals surface area contributed by atoms with Crippen molar-refractivity contribution in [3.05, 3.63) is 36.3 Å². The van der Waals surface area contributed by atoms with Gasteiger partial charge in [0, 0.05) is 5.39 Å². The Morgan fingerprint density at radius 1 is 1.28 bits per heavy atom. The van der Waals surface area contributed by atoms with E-state index in [0.717, 1.165) is 10.9 Å². The van der Waals surface area contributed by atoms with Gasteiger partial charge in [0.15, 0.2) is 0 Å². The van der Waals surface area contributed by atoms with Crippen molar-refractivity contribution >= 4 is 16.9 Å². The van der Waals surface area contributed by atoms with Crippen LogP contribution in [0.5, 0.6) is 0 Å². The van der Waals surface area contributed by atoms with Crippen LogP contribution in [-0.2, 0) is 4.79 Å². The zero-order valence-corrected chi connectivity index (χ0v) is 10.5. The third-order valence-corrected chi connectivity index (χ3v) is 2.91. The molecule has 0 amide bonds. The van der Waals surface area contributed by atoms with Gasteiger partial charge < -0.3 is 5.11 Å². The number of benzene rings is 1. The van der Waals surface area contributed by atoms with E-state index in [4.69, 9.17) is 0 Å². The second-order valence-corrected chi connectivity index (χ2v) is 4.80. The molecule has 1 aromatic carbocycles. The Hall–Kier alpha value is -1.97. The molecule has 1 atom stereocenters. The fourth-order valence-electron chi connectivity index (χ4n) is 2.10. The first-order valence-corrected chi connectivity index (χ1v) is 6.02. The number of nitrogens with zero attached hydrogens (tertiary/aromatic N) is 2. The summed E-state index contributed by atoms with van der Waals surface area (Å²) in [7, 11) is 0. The predicted molar refractivity (Wildman–Crippen MR) is 69.4 cm³/mol. The first-order chi connectivity index (χ1) is 8.59. The highest BCUT2D eigenvalue weighted by molar-refractivity contribution is 5.86. The highest BCUT2D eigenvalue weighted by Gasteiger charge is 2.24. The van der Waals surface area contributed by atoms with Crippen LogP contribution in [0.25, 0.3) is 10.9 Å². The fourth-order valence-corrected chi connectivity index (χ4v) is 2.10. The van der Waals surface area contributed by atoms with Crippen LogP contribution in [0.4, 0.5) is 0 Å². The maximum absolute atomic E-state index is 11.4. The summed E-state index contributed by atoms with van der Waals surface area (Å²) in [4.78, 5) is 19.8. The van der Waals surface area contributed by atoms with Gasteiger partial charge in [0.25, 0.3) is 0 Å². The second-order valence-electron chi connectivity index (χ2n) is 4.80. The van der Waals surface area contributed by atoms with Crippen molar-refractivity contribution in [3.63, 3.8) is 0 Å². The lowest BCUT2D eigenvalue weighted by atomic mass is 9.92. The molecule has 0 spiro atoms. The maximum Gasteiger partial charge on any atom is 0.312 e. The Balaban J connectivity index is 2.53. The number of hydrogen-bond acceptors (Lipinski definition) is 3. The lowest BCUT2D eigenvalue weighted by molar-refractivity contribution is -0.139. The average Bonchev–Trinajstić information content (AvgIpc) is 2.35. The minimum Gasteiger partial charge on any atom is -0.481 e. The second kappa shape index (κ2) is 5.12. The van der Waals surface area contributed by atoms with Crippen LogP contribution in [0, 0.1) is 5.92 Å². The topological polar surface area (TPSA) is 63.1 Å². The molecule has 0 aliphatic carbocycles. The summed E-state index contributed by atoms with van der Waals surface area (Å²) in [6.45, 7) is 4.03. The van der Waals surface area contributed by atoms with E-state index in [-0.39, 0.29) is 0 Å². The van der Waals surface area contributed by atoms with Crippen LogP contribution >= 0.6 is 0 Å². The molecular weight excluding hydrogens is 228 g/mol. The Morgan fingerprint density at radius 2 is 2.00 bits per heavy atom. The molecule has 0 saturated heterocycles. The number of hydrogen-bond donors (Lipinski definition) is 1. The SMILES string of the molecule is CC(C)CC(C(=O)O)c1ncnc2ccccc12. The number of rotatable bonds is 4. The van der Waals surface area contributed by atoms with Gasteiger partial charge >= 0.3 is 5.97 Å². The Kier molecular flexibility index (Phi) is 3.55. The van der Waals surface area contributed by atoms with Crippen LogP contribution in [0.15, 0.2) is 30.6 Å². The van der Waals surface area contributed by atoms with Gasteiger partial charge in [0.1, 0.15) is 6.33 Å². The van der Waals surface area contributed by atoms with Gasteiger partial charge in [-0.3, -0.25) is 4.79 Å². The highest BCUT2D eigenvalue weighted by Crippen LogP contribution is 2.27. The smallest absolute Gasteiger partial charge is 0.312 e. The molecular formula is C14H16N2O2. The summed E-state index contributed by atoms with van der Waals surface area (Å²) in [6, 6.07) is 7.51. The van der Waals surface area contributed by atoms with Crippen molar-refractivity contribution in [2.24, 2.45) is 5.92 Å². The van der Waals surface area contributed by atoms with E-state index in [0.29, 0.717) is 18.0 Å². The fraction of sp³-hybridized carbons (Fsp3) is 0.357. The van der Waals surface area contributed by atoms with Crippen LogP contribution in [0.3, 0.4) is 0 Å². The molecule has 0 aliphatic rings.